The summed E-state index contributed by atoms with van der Waals surface area (Å²) >= 11 is 0. The van der Waals surface area contributed by atoms with Crippen molar-refractivity contribution in [2.45, 2.75) is 161 Å². The van der Waals surface area contributed by atoms with Crippen molar-refractivity contribution in [1.82, 2.24) is 0 Å². The molecule has 1 aromatic rings. The summed E-state index contributed by atoms with van der Waals surface area (Å²) in [6.07, 6.45) is 16.4. The highest BCUT2D eigenvalue weighted by Crippen LogP contribution is 2.48. The van der Waals surface area contributed by atoms with Crippen molar-refractivity contribution in [1.29, 1.82) is 0 Å². The van der Waals surface area contributed by atoms with Crippen LogP contribution in [0.15, 0.2) is 36.1 Å². The Morgan fingerprint density at radius 3 is 2.26 bits per heavy atom. The van der Waals surface area contributed by atoms with Gasteiger partial charge in [0.05, 0.1) is 25.4 Å². The van der Waals surface area contributed by atoms with Crippen LogP contribution in [0.2, 0.25) is 18.1 Å². The molecule has 0 amide bonds. The van der Waals surface area contributed by atoms with Crippen LogP contribution < -0.4 is 4.74 Å². The van der Waals surface area contributed by atoms with Gasteiger partial charge >= 0.3 is 0 Å². The maximum atomic E-state index is 12.2. The summed E-state index contributed by atoms with van der Waals surface area (Å²) in [4.78, 5) is 12.2. The second-order valence-electron chi connectivity index (χ2n) is 15.3. The van der Waals surface area contributed by atoms with Crippen LogP contribution in [0.1, 0.15) is 117 Å². The lowest BCUT2D eigenvalue weighted by Gasteiger charge is -2.40. The summed E-state index contributed by atoms with van der Waals surface area (Å²) in [5, 5.41) is 0.0509. The van der Waals surface area contributed by atoms with Crippen LogP contribution in [0.25, 0.3) is 0 Å². The molecule has 0 N–H and O–H groups in total. The maximum Gasteiger partial charge on any atom is 0.199 e. The van der Waals surface area contributed by atoms with Gasteiger partial charge in [0.25, 0.3) is 0 Å². The van der Waals surface area contributed by atoms with E-state index in [4.69, 9.17) is 28.1 Å². The molecule has 2 aliphatic heterocycles. The summed E-state index contributed by atoms with van der Waals surface area (Å²) in [6, 6.07) is 8.54. The molecule has 1 aromatic carbocycles. The van der Waals surface area contributed by atoms with E-state index in [2.05, 4.69) is 71.1 Å². The summed E-state index contributed by atoms with van der Waals surface area (Å²) in [5.41, 5.74) is 1.36. The fraction of sp³-hybridized carbons (Fsp3) is 0.769. The second kappa shape index (κ2) is 18.9. The molecule has 47 heavy (non-hydrogen) atoms. The minimum atomic E-state index is -2.12. The monoisotopic (exact) mass is 672 g/mol. The third-order valence-corrected chi connectivity index (χ3v) is 15.1. The minimum Gasteiger partial charge on any atom is -0.493 e. The lowest BCUT2D eigenvalue weighted by Crippen LogP contribution is -2.45. The van der Waals surface area contributed by atoms with Gasteiger partial charge in [-0.2, -0.15) is 0 Å². The SMILES string of the molecule is CCCCCCc1ccc(OCC/C=C(/OC2CCCCO2)[C@@H]2[C@H](CC=O)[C@H](O[Si](C)(C)C(C)(C)C)C[C@@H]2OC2CCCCO2)cc1. The van der Waals surface area contributed by atoms with Crippen LogP contribution in [0.3, 0.4) is 0 Å². The van der Waals surface area contributed by atoms with Gasteiger partial charge in [0, 0.05) is 37.7 Å². The molecular weight excluding hydrogens is 609 g/mol. The molecule has 6 atom stereocenters. The zero-order valence-corrected chi connectivity index (χ0v) is 31.3. The molecule has 2 heterocycles. The predicted octanol–water partition coefficient (Wildman–Crippen LogP) is 9.53. The number of hydrogen-bond donors (Lipinski definition) is 0. The molecule has 0 radical (unpaired) electrons. The van der Waals surface area contributed by atoms with E-state index < -0.39 is 8.32 Å². The maximum absolute atomic E-state index is 12.2. The van der Waals surface area contributed by atoms with Crippen molar-refractivity contribution in [3.05, 3.63) is 41.7 Å². The molecule has 2 unspecified atom stereocenters. The summed E-state index contributed by atoms with van der Waals surface area (Å²) in [7, 11) is -2.12. The van der Waals surface area contributed by atoms with Crippen molar-refractivity contribution in [2.24, 2.45) is 11.8 Å². The Kier molecular flexibility index (Phi) is 15.3. The highest BCUT2D eigenvalue weighted by Gasteiger charge is 2.51. The van der Waals surface area contributed by atoms with E-state index in [0.29, 0.717) is 32.5 Å². The number of aldehydes is 1. The number of unbranched alkanes of at least 4 members (excludes halogenated alkanes) is 3. The summed E-state index contributed by atoms with van der Waals surface area (Å²) in [5.74, 6) is 1.53. The number of benzene rings is 1. The molecule has 1 saturated carbocycles. The van der Waals surface area contributed by atoms with Crippen LogP contribution in [-0.2, 0) is 34.6 Å². The standard InChI is InChI=1S/C39H64O7Si/c1-7-8-9-10-16-30-20-22-31(23-21-30)41-28-15-17-33(44-36-18-11-13-26-42-36)38-32(24-25-40)34(46-47(5,6)39(2,3)4)29-35(38)45-37-19-12-14-27-43-37/h17,20-23,25,32,34-38H,7-16,18-19,24,26-29H2,1-6H3/b33-17+/t32-,34-,35+,36?,37?,38+/m1/s1. The van der Waals surface area contributed by atoms with Gasteiger partial charge in [-0.3, -0.25) is 0 Å². The van der Waals surface area contributed by atoms with Crippen molar-refractivity contribution >= 4 is 14.6 Å². The van der Waals surface area contributed by atoms with Crippen LogP contribution in [0.4, 0.5) is 0 Å². The fourth-order valence-electron chi connectivity index (χ4n) is 6.81. The lowest BCUT2D eigenvalue weighted by atomic mass is 9.88. The zero-order valence-electron chi connectivity index (χ0n) is 30.3. The van der Waals surface area contributed by atoms with Crippen molar-refractivity contribution in [3.63, 3.8) is 0 Å². The van der Waals surface area contributed by atoms with Gasteiger partial charge in [0.15, 0.2) is 20.9 Å². The Labute approximate surface area is 286 Å². The first-order valence-corrected chi connectivity index (χ1v) is 21.6. The van der Waals surface area contributed by atoms with Gasteiger partial charge in [-0.25, -0.2) is 0 Å². The Bertz CT molecular complexity index is 1070. The van der Waals surface area contributed by atoms with Gasteiger partial charge < -0.3 is 32.9 Å². The second-order valence-corrected chi connectivity index (χ2v) is 20.1. The first-order valence-electron chi connectivity index (χ1n) is 18.7. The van der Waals surface area contributed by atoms with E-state index >= 15 is 0 Å². The molecule has 1 aliphatic carbocycles. The molecular formula is C39H64O7Si. The number of rotatable bonds is 18. The Morgan fingerprint density at radius 2 is 1.64 bits per heavy atom. The molecule has 4 rings (SSSR count). The van der Waals surface area contributed by atoms with Crippen molar-refractivity contribution < 1.29 is 32.9 Å². The van der Waals surface area contributed by atoms with Crippen LogP contribution in [0, 0.1) is 11.8 Å². The minimum absolute atomic E-state index is 0.0509. The summed E-state index contributed by atoms with van der Waals surface area (Å²) in [6.45, 7) is 15.6. The number of aryl methyl sites for hydroxylation is 1. The molecule has 2 saturated heterocycles. The van der Waals surface area contributed by atoms with Crippen LogP contribution in [-0.4, -0.2) is 59.2 Å². The van der Waals surface area contributed by atoms with Gasteiger partial charge in [0.2, 0.25) is 0 Å². The highest BCUT2D eigenvalue weighted by molar-refractivity contribution is 6.74. The Balaban J connectivity index is 1.53. The van der Waals surface area contributed by atoms with Crippen LogP contribution >= 0.6 is 0 Å². The van der Waals surface area contributed by atoms with Crippen molar-refractivity contribution in [3.8, 4) is 5.75 Å². The van der Waals surface area contributed by atoms with Gasteiger partial charge in [0.1, 0.15) is 17.8 Å². The first kappa shape index (κ1) is 38.1. The molecule has 0 spiro atoms. The van der Waals surface area contributed by atoms with E-state index in [9.17, 15) is 4.79 Å². The quantitative estimate of drug-likeness (QED) is 0.0666. The van der Waals surface area contributed by atoms with E-state index in [1.165, 1.54) is 31.2 Å². The number of hydrogen-bond acceptors (Lipinski definition) is 7. The lowest BCUT2D eigenvalue weighted by molar-refractivity contribution is -0.201. The molecule has 0 bridgehead atoms. The molecule has 0 aromatic heterocycles. The predicted molar refractivity (Wildman–Crippen MR) is 190 cm³/mol. The normalized spacial score (nSPS) is 27.5. The Hall–Kier alpha value is -1.71. The molecule has 7 nitrogen and oxygen atoms in total. The van der Waals surface area contributed by atoms with Gasteiger partial charge in [-0.15, -0.1) is 0 Å². The van der Waals surface area contributed by atoms with E-state index in [1.807, 2.05) is 0 Å². The molecule has 8 heteroatoms. The number of ether oxygens (including phenoxy) is 5. The Morgan fingerprint density at radius 1 is 0.936 bits per heavy atom. The van der Waals surface area contributed by atoms with Gasteiger partial charge in [-0.05, 0) is 93.3 Å². The van der Waals surface area contributed by atoms with E-state index in [-0.39, 0.29) is 41.7 Å². The first-order chi connectivity index (χ1) is 22.6. The summed E-state index contributed by atoms with van der Waals surface area (Å²) < 4.78 is 38.9. The van der Waals surface area contributed by atoms with Crippen LogP contribution in [0.5, 0.6) is 5.75 Å². The van der Waals surface area contributed by atoms with E-state index in [1.54, 1.807) is 0 Å². The van der Waals surface area contributed by atoms with Crippen molar-refractivity contribution in [2.75, 3.05) is 19.8 Å². The smallest absolute Gasteiger partial charge is 0.199 e. The molecule has 266 valence electrons. The van der Waals surface area contributed by atoms with Gasteiger partial charge in [-0.1, -0.05) is 59.1 Å². The van der Waals surface area contributed by atoms with E-state index in [0.717, 1.165) is 69.3 Å². The molecule has 3 fully saturated rings. The average Bonchev–Trinajstić information content (AvgIpc) is 3.37. The number of carbonyl (C=O) groups excluding carboxylic acids is 1. The number of carbonyl (C=O) groups is 1. The highest BCUT2D eigenvalue weighted by atomic mass is 28.4. The third kappa shape index (κ3) is 11.7. The topological polar surface area (TPSA) is 72.5 Å². The zero-order chi connectivity index (χ0) is 33.7. The largest absolute Gasteiger partial charge is 0.493 e. The third-order valence-electron chi connectivity index (χ3n) is 10.6. The average molecular weight is 673 g/mol. The fourth-order valence-corrected chi connectivity index (χ4v) is 8.19. The molecule has 3 aliphatic rings.